The minimum absolute atomic E-state index is 0.00142. The van der Waals surface area contributed by atoms with Crippen molar-refractivity contribution >= 4 is 22.9 Å². The number of nitrogens with zero attached hydrogens (tertiary/aromatic N) is 1. The van der Waals surface area contributed by atoms with Gasteiger partial charge in [-0.15, -0.1) is 0 Å². The van der Waals surface area contributed by atoms with E-state index in [-0.39, 0.29) is 12.8 Å². The third-order valence-electron chi connectivity index (χ3n) is 4.34. The molecule has 7 nitrogen and oxygen atoms in total. The van der Waals surface area contributed by atoms with Gasteiger partial charge in [0.1, 0.15) is 5.69 Å². The van der Waals surface area contributed by atoms with Crippen molar-refractivity contribution < 1.29 is 37.5 Å². The van der Waals surface area contributed by atoms with Gasteiger partial charge in [0.2, 0.25) is 0 Å². The van der Waals surface area contributed by atoms with Crippen LogP contribution in [0.1, 0.15) is 30.9 Å². The van der Waals surface area contributed by atoms with Crippen molar-refractivity contribution in [3.05, 3.63) is 66.2 Å². The van der Waals surface area contributed by atoms with Crippen LogP contribution in [0.3, 0.4) is 0 Å². The molecule has 10 heteroatoms. The minimum Gasteiger partial charge on any atom is -0.478 e. The summed E-state index contributed by atoms with van der Waals surface area (Å²) in [6.07, 6.45) is -3.60. The molecule has 1 atom stereocenters. The number of halogens is 3. The minimum atomic E-state index is -4.15. The lowest BCUT2D eigenvalue weighted by Gasteiger charge is -2.16. The smallest absolute Gasteiger partial charge is 0.389 e. The van der Waals surface area contributed by atoms with Crippen LogP contribution in [0, 0.1) is 0 Å². The first-order chi connectivity index (χ1) is 15.1. The third kappa shape index (κ3) is 7.55. The molecule has 1 heterocycles. The maximum absolute atomic E-state index is 12.3. The van der Waals surface area contributed by atoms with Gasteiger partial charge < -0.3 is 20.5 Å². The molecule has 1 unspecified atom stereocenters. The van der Waals surface area contributed by atoms with E-state index in [9.17, 15) is 22.8 Å². The lowest BCUT2D eigenvalue weighted by molar-refractivity contribution is -0.136. The fourth-order valence-electron chi connectivity index (χ4n) is 2.94. The first kappa shape index (κ1) is 24.6. The average Bonchev–Trinajstić information content (AvgIpc) is 3.16. The van der Waals surface area contributed by atoms with Crippen molar-refractivity contribution in [2.24, 2.45) is 5.73 Å². The Morgan fingerprint density at radius 1 is 1.03 bits per heavy atom. The maximum Gasteiger partial charge on any atom is 0.389 e. The summed E-state index contributed by atoms with van der Waals surface area (Å²) in [7, 11) is 0. The van der Waals surface area contributed by atoms with Gasteiger partial charge >= 0.3 is 18.1 Å². The predicted molar refractivity (Wildman–Crippen MR) is 111 cm³/mol. The highest BCUT2D eigenvalue weighted by Crippen LogP contribution is 2.34. The van der Waals surface area contributed by atoms with Crippen molar-refractivity contribution in [2.45, 2.75) is 31.5 Å². The van der Waals surface area contributed by atoms with Gasteiger partial charge in [0.15, 0.2) is 5.58 Å². The van der Waals surface area contributed by atoms with Crippen molar-refractivity contribution in [1.82, 2.24) is 5.16 Å². The second kappa shape index (κ2) is 11.1. The molecule has 0 radical (unpaired) electrons. The highest BCUT2D eigenvalue weighted by Gasteiger charge is 2.27. The van der Waals surface area contributed by atoms with Crippen molar-refractivity contribution in [1.29, 1.82) is 0 Å². The van der Waals surface area contributed by atoms with Crippen LogP contribution in [0.25, 0.3) is 22.2 Å². The highest BCUT2D eigenvalue weighted by molar-refractivity contribution is 5.92. The lowest BCUT2D eigenvalue weighted by atomic mass is 9.94. The summed E-state index contributed by atoms with van der Waals surface area (Å²) in [5, 5.41) is 20.6. The maximum atomic E-state index is 12.3. The van der Waals surface area contributed by atoms with Gasteiger partial charge in [-0.05, 0) is 30.5 Å². The molecule has 170 valence electrons. The van der Waals surface area contributed by atoms with E-state index in [0.717, 1.165) is 16.5 Å². The molecule has 4 N–H and O–H groups in total. The zero-order valence-corrected chi connectivity index (χ0v) is 16.7. The first-order valence-electron chi connectivity index (χ1n) is 9.48. The van der Waals surface area contributed by atoms with E-state index >= 15 is 0 Å². The van der Waals surface area contributed by atoms with Gasteiger partial charge in [0, 0.05) is 35.6 Å². The van der Waals surface area contributed by atoms with Crippen molar-refractivity contribution in [3.63, 3.8) is 0 Å². The van der Waals surface area contributed by atoms with Crippen LogP contribution in [-0.2, 0) is 9.59 Å². The number of fused-ring (bicyclic) bond motifs is 1. The molecule has 0 amide bonds. The molecule has 3 rings (SSSR count). The Balaban J connectivity index is 0.000000390. The Kier molecular flexibility index (Phi) is 8.54. The number of hydrogen-bond donors (Lipinski definition) is 3. The number of para-hydroxylation sites is 1. The number of carbonyl (C=O) groups is 2. The third-order valence-corrected chi connectivity index (χ3v) is 4.34. The van der Waals surface area contributed by atoms with Gasteiger partial charge in [-0.1, -0.05) is 41.6 Å². The number of aromatic nitrogens is 1. The Labute approximate surface area is 180 Å². The number of benzene rings is 2. The van der Waals surface area contributed by atoms with E-state index in [1.807, 2.05) is 48.5 Å². The van der Waals surface area contributed by atoms with Crippen LogP contribution in [0.15, 0.2) is 65.2 Å². The fourth-order valence-corrected chi connectivity index (χ4v) is 2.94. The van der Waals surface area contributed by atoms with Gasteiger partial charge in [-0.25, -0.2) is 9.59 Å². The second-order valence-electron chi connectivity index (χ2n) is 6.74. The molecule has 1 aromatic heterocycles. The Hall–Kier alpha value is -3.66. The van der Waals surface area contributed by atoms with E-state index in [1.165, 1.54) is 0 Å². The number of alkyl halides is 3. The van der Waals surface area contributed by atoms with E-state index in [4.69, 9.17) is 20.5 Å². The van der Waals surface area contributed by atoms with E-state index in [2.05, 4.69) is 5.16 Å². The highest BCUT2D eigenvalue weighted by atomic mass is 19.4. The molecule has 0 saturated heterocycles. The van der Waals surface area contributed by atoms with Crippen LogP contribution in [0.4, 0.5) is 13.2 Å². The summed E-state index contributed by atoms with van der Waals surface area (Å²) < 4.78 is 42.3. The molecule has 0 bridgehead atoms. The zero-order valence-electron chi connectivity index (χ0n) is 16.7. The molecule has 0 fully saturated rings. The van der Waals surface area contributed by atoms with Gasteiger partial charge in [0.05, 0.1) is 0 Å². The molecule has 0 spiro atoms. The Bertz CT molecular complexity index is 1080. The number of carboxylic acid groups (broad SMARTS) is 2. The van der Waals surface area contributed by atoms with Crippen LogP contribution in [0.2, 0.25) is 0 Å². The summed E-state index contributed by atoms with van der Waals surface area (Å²) >= 11 is 0. The molecule has 0 aliphatic rings. The van der Waals surface area contributed by atoms with Crippen LogP contribution in [0.5, 0.6) is 0 Å². The lowest BCUT2D eigenvalue weighted by Crippen LogP contribution is -2.14. The molecule has 3 aromatic rings. The van der Waals surface area contributed by atoms with Gasteiger partial charge in [-0.3, -0.25) is 0 Å². The van der Waals surface area contributed by atoms with Crippen LogP contribution >= 0.6 is 0 Å². The number of aliphatic carboxylic acids is 2. The molecule has 0 aliphatic heterocycles. The fraction of sp³-hybridized carbons (Fsp3) is 0.227. The predicted octanol–water partition coefficient (Wildman–Crippen LogP) is 4.94. The summed E-state index contributed by atoms with van der Waals surface area (Å²) in [6.45, 7) is 0. The van der Waals surface area contributed by atoms with Gasteiger partial charge in [-0.2, -0.15) is 13.2 Å². The van der Waals surface area contributed by atoms with Crippen LogP contribution < -0.4 is 5.73 Å². The molecule has 32 heavy (non-hydrogen) atoms. The largest absolute Gasteiger partial charge is 0.478 e. The number of nitrogens with two attached hydrogens (primary N) is 1. The summed E-state index contributed by atoms with van der Waals surface area (Å²) in [4.78, 5) is 19.1. The number of hydrogen-bond acceptors (Lipinski definition) is 5. The van der Waals surface area contributed by atoms with E-state index in [0.29, 0.717) is 23.4 Å². The Morgan fingerprint density at radius 3 is 2.25 bits per heavy atom. The normalized spacial score (nSPS) is 12.4. The van der Waals surface area contributed by atoms with E-state index < -0.39 is 30.6 Å². The molecular weight excluding hydrogens is 429 g/mol. The van der Waals surface area contributed by atoms with Gasteiger partial charge in [0.25, 0.3) is 0 Å². The summed E-state index contributed by atoms with van der Waals surface area (Å²) in [5.41, 5.74) is 9.04. The average molecular weight is 450 g/mol. The quantitative estimate of drug-likeness (QED) is 0.435. The molecule has 0 saturated carbocycles. The van der Waals surface area contributed by atoms with Crippen molar-refractivity contribution in [3.8, 4) is 11.3 Å². The first-order valence-corrected chi connectivity index (χ1v) is 9.48. The monoisotopic (exact) mass is 450 g/mol. The number of rotatable bonds is 7. The molecular formula is C22H21F3N2O5. The zero-order chi connectivity index (χ0) is 23.7. The van der Waals surface area contributed by atoms with E-state index in [1.54, 1.807) is 0 Å². The van der Waals surface area contributed by atoms with Crippen molar-refractivity contribution in [2.75, 3.05) is 0 Å². The summed E-state index contributed by atoms with van der Waals surface area (Å²) in [5.74, 6) is -2.51. The Morgan fingerprint density at radius 2 is 1.62 bits per heavy atom. The SMILES string of the molecule is NC(CCCC(F)(F)F)c1ccccc1-c1noc2ccccc12.O=C(O)/C=C/C(=O)O. The second-order valence-corrected chi connectivity index (χ2v) is 6.74. The summed E-state index contributed by atoms with van der Waals surface area (Å²) in [6, 6.07) is 14.3. The standard InChI is InChI=1S/C18H17F3N2O.C4H4O4/c19-18(20,21)11-5-9-15(22)12-6-1-2-7-13(12)17-14-8-3-4-10-16(14)24-23-17;5-3(6)1-2-4(7)8/h1-4,6-8,10,15H,5,9,11,22H2;1-2H,(H,5,6)(H,7,8)/b;2-1+. The topological polar surface area (TPSA) is 127 Å². The molecule has 0 aliphatic carbocycles. The van der Waals surface area contributed by atoms with Crippen LogP contribution in [-0.4, -0.2) is 33.5 Å². The molecule has 2 aromatic carbocycles. The number of carboxylic acids is 2.